The Hall–Kier alpha value is -2.34. The summed E-state index contributed by atoms with van der Waals surface area (Å²) in [6.07, 6.45) is 1.61. The fourth-order valence-corrected chi connectivity index (χ4v) is 3.07. The van der Waals surface area contributed by atoms with Gasteiger partial charge in [-0.2, -0.15) is 0 Å². The molecule has 1 heterocycles. The predicted octanol–water partition coefficient (Wildman–Crippen LogP) is 4.19. The Labute approximate surface area is 154 Å². The minimum atomic E-state index is -0.361. The van der Waals surface area contributed by atoms with Crippen molar-refractivity contribution in [2.24, 2.45) is 0 Å². The average molecular weight is 406 g/mol. The van der Waals surface area contributed by atoms with Gasteiger partial charge >= 0.3 is 0 Å². The number of amides is 1. The molecule has 2 aromatic carbocycles. The van der Waals surface area contributed by atoms with Crippen molar-refractivity contribution in [3.63, 3.8) is 0 Å². The molecule has 0 bridgehead atoms. The summed E-state index contributed by atoms with van der Waals surface area (Å²) in [5.74, 6) is 0.355. The van der Waals surface area contributed by atoms with Crippen LogP contribution in [0, 0.1) is 5.82 Å². The molecule has 0 unspecified atom stereocenters. The molecule has 0 N–H and O–H groups in total. The minimum absolute atomic E-state index is 0.126. The van der Waals surface area contributed by atoms with Crippen LogP contribution in [0.5, 0.6) is 11.5 Å². The standard InChI is InChI=1S/C19H17BrFNO3/c1-2-8-22(12-13-11-14(20)6-7-16(13)21)19(23)15-4-3-5-17-18(15)25-10-9-24-17/h2-7,11H,1,8-10,12H2. The average Bonchev–Trinajstić information content (AvgIpc) is 2.63. The molecule has 1 aliphatic rings. The molecule has 3 rings (SSSR count). The van der Waals surface area contributed by atoms with Gasteiger partial charge in [-0.1, -0.05) is 28.1 Å². The third kappa shape index (κ3) is 3.85. The maximum atomic E-state index is 14.1. The van der Waals surface area contributed by atoms with Gasteiger partial charge in [0.1, 0.15) is 19.0 Å². The van der Waals surface area contributed by atoms with E-state index in [1.165, 1.54) is 11.0 Å². The largest absolute Gasteiger partial charge is 0.486 e. The Morgan fingerprint density at radius 2 is 2.08 bits per heavy atom. The molecule has 0 saturated heterocycles. The van der Waals surface area contributed by atoms with Crippen molar-refractivity contribution in [3.05, 3.63) is 70.5 Å². The second kappa shape index (κ2) is 7.70. The molecule has 0 spiro atoms. The van der Waals surface area contributed by atoms with Gasteiger partial charge in [-0.05, 0) is 30.3 Å². The van der Waals surface area contributed by atoms with E-state index in [1.807, 2.05) is 0 Å². The number of rotatable bonds is 5. The number of carbonyl (C=O) groups excluding carboxylic acids is 1. The molecule has 4 nitrogen and oxygen atoms in total. The summed E-state index contributed by atoms with van der Waals surface area (Å²) >= 11 is 3.33. The number of ether oxygens (including phenoxy) is 2. The summed E-state index contributed by atoms with van der Waals surface area (Å²) in [6, 6.07) is 9.85. The van der Waals surface area contributed by atoms with Crippen LogP contribution in [0.2, 0.25) is 0 Å². The lowest BCUT2D eigenvalue weighted by molar-refractivity contribution is 0.0750. The lowest BCUT2D eigenvalue weighted by Crippen LogP contribution is -2.32. The number of carbonyl (C=O) groups is 1. The van der Waals surface area contributed by atoms with Gasteiger partial charge in [0.2, 0.25) is 0 Å². The quantitative estimate of drug-likeness (QED) is 0.700. The Balaban J connectivity index is 1.91. The van der Waals surface area contributed by atoms with Crippen LogP contribution in [0.15, 0.2) is 53.5 Å². The number of nitrogens with zero attached hydrogens (tertiary/aromatic N) is 1. The van der Waals surface area contributed by atoms with Crippen LogP contribution in [0.4, 0.5) is 4.39 Å². The lowest BCUT2D eigenvalue weighted by atomic mass is 10.1. The smallest absolute Gasteiger partial charge is 0.258 e. The fraction of sp³-hybridized carbons (Fsp3) is 0.211. The number of halogens is 2. The van der Waals surface area contributed by atoms with Crippen LogP contribution >= 0.6 is 15.9 Å². The summed E-state index contributed by atoms with van der Waals surface area (Å²) in [7, 11) is 0. The van der Waals surface area contributed by atoms with Crippen molar-refractivity contribution >= 4 is 21.8 Å². The summed E-state index contributed by atoms with van der Waals surface area (Å²) in [4.78, 5) is 14.5. The third-order valence-corrected chi connectivity index (χ3v) is 4.30. The second-order valence-corrected chi connectivity index (χ2v) is 6.46. The first-order valence-electron chi connectivity index (χ1n) is 7.83. The zero-order valence-corrected chi connectivity index (χ0v) is 15.1. The number of hydrogen-bond acceptors (Lipinski definition) is 3. The molecule has 1 amide bonds. The van der Waals surface area contributed by atoms with Gasteiger partial charge < -0.3 is 14.4 Å². The van der Waals surface area contributed by atoms with Gasteiger partial charge in [0.05, 0.1) is 5.56 Å². The van der Waals surface area contributed by atoms with Crippen molar-refractivity contribution in [1.82, 2.24) is 4.90 Å². The first-order valence-corrected chi connectivity index (χ1v) is 8.62. The van der Waals surface area contributed by atoms with Crippen molar-refractivity contribution in [2.75, 3.05) is 19.8 Å². The van der Waals surface area contributed by atoms with E-state index in [4.69, 9.17) is 9.47 Å². The molecule has 2 aromatic rings. The Morgan fingerprint density at radius 1 is 1.28 bits per heavy atom. The molecular weight excluding hydrogens is 389 g/mol. The molecule has 6 heteroatoms. The maximum absolute atomic E-state index is 14.1. The van der Waals surface area contributed by atoms with E-state index in [2.05, 4.69) is 22.5 Å². The van der Waals surface area contributed by atoms with Gasteiger partial charge in [-0.15, -0.1) is 6.58 Å². The van der Waals surface area contributed by atoms with Gasteiger partial charge in [-0.3, -0.25) is 4.79 Å². The molecule has 0 atom stereocenters. The van der Waals surface area contributed by atoms with Crippen molar-refractivity contribution in [3.8, 4) is 11.5 Å². The van der Waals surface area contributed by atoms with Gasteiger partial charge in [0.25, 0.3) is 5.91 Å². The highest BCUT2D eigenvalue weighted by Gasteiger charge is 2.24. The van der Waals surface area contributed by atoms with E-state index in [0.29, 0.717) is 35.8 Å². The monoisotopic (exact) mass is 405 g/mol. The maximum Gasteiger partial charge on any atom is 0.258 e. The van der Waals surface area contributed by atoms with Crippen LogP contribution in [-0.2, 0) is 6.54 Å². The zero-order valence-electron chi connectivity index (χ0n) is 13.5. The summed E-state index contributed by atoms with van der Waals surface area (Å²) in [6.45, 7) is 4.94. The van der Waals surface area contributed by atoms with E-state index in [-0.39, 0.29) is 24.8 Å². The highest BCUT2D eigenvalue weighted by Crippen LogP contribution is 2.34. The molecule has 0 radical (unpaired) electrons. The zero-order chi connectivity index (χ0) is 17.8. The van der Waals surface area contributed by atoms with Crippen LogP contribution < -0.4 is 9.47 Å². The molecule has 0 aliphatic carbocycles. The number of benzene rings is 2. The lowest BCUT2D eigenvalue weighted by Gasteiger charge is -2.25. The van der Waals surface area contributed by atoms with Crippen molar-refractivity contribution in [2.45, 2.75) is 6.54 Å². The first-order chi connectivity index (χ1) is 12.1. The van der Waals surface area contributed by atoms with Gasteiger partial charge in [-0.25, -0.2) is 4.39 Å². The summed E-state index contributed by atoms with van der Waals surface area (Å²) in [5.41, 5.74) is 0.820. The number of fused-ring (bicyclic) bond motifs is 1. The molecule has 0 aromatic heterocycles. The predicted molar refractivity (Wildman–Crippen MR) is 96.5 cm³/mol. The van der Waals surface area contributed by atoms with Crippen LogP contribution in [-0.4, -0.2) is 30.6 Å². The molecule has 1 aliphatic heterocycles. The van der Waals surface area contributed by atoms with Gasteiger partial charge in [0.15, 0.2) is 11.5 Å². The Bertz CT molecular complexity index is 809. The van der Waals surface area contributed by atoms with E-state index >= 15 is 0 Å². The molecule has 25 heavy (non-hydrogen) atoms. The normalized spacial score (nSPS) is 12.6. The highest BCUT2D eigenvalue weighted by molar-refractivity contribution is 9.10. The van der Waals surface area contributed by atoms with Crippen LogP contribution in [0.25, 0.3) is 0 Å². The summed E-state index contributed by atoms with van der Waals surface area (Å²) < 4.78 is 26.0. The van der Waals surface area contributed by atoms with E-state index in [9.17, 15) is 9.18 Å². The first kappa shape index (κ1) is 17.5. The van der Waals surface area contributed by atoms with E-state index in [1.54, 1.807) is 36.4 Å². The molecule has 0 fully saturated rings. The SMILES string of the molecule is C=CCN(Cc1cc(Br)ccc1F)C(=O)c1cccc2c1OCCO2. The number of hydrogen-bond donors (Lipinski definition) is 0. The minimum Gasteiger partial charge on any atom is -0.486 e. The fourth-order valence-electron chi connectivity index (χ4n) is 2.66. The third-order valence-electron chi connectivity index (χ3n) is 3.80. The molecule has 0 saturated carbocycles. The summed E-state index contributed by atoms with van der Waals surface area (Å²) in [5, 5.41) is 0. The Kier molecular flexibility index (Phi) is 5.38. The topological polar surface area (TPSA) is 38.8 Å². The van der Waals surface area contributed by atoms with Crippen molar-refractivity contribution < 1.29 is 18.7 Å². The van der Waals surface area contributed by atoms with Gasteiger partial charge in [0, 0.05) is 23.1 Å². The van der Waals surface area contributed by atoms with Crippen LogP contribution in [0.1, 0.15) is 15.9 Å². The Morgan fingerprint density at radius 3 is 2.88 bits per heavy atom. The van der Waals surface area contributed by atoms with E-state index in [0.717, 1.165) is 4.47 Å². The van der Waals surface area contributed by atoms with E-state index < -0.39 is 0 Å². The second-order valence-electron chi connectivity index (χ2n) is 5.54. The number of para-hydroxylation sites is 1. The van der Waals surface area contributed by atoms with Crippen LogP contribution in [0.3, 0.4) is 0 Å². The highest BCUT2D eigenvalue weighted by atomic mass is 79.9. The molecule has 130 valence electrons. The molecular formula is C19H17BrFNO3. The van der Waals surface area contributed by atoms with Crippen molar-refractivity contribution in [1.29, 1.82) is 0 Å².